The molecule has 0 aliphatic heterocycles. The summed E-state index contributed by atoms with van der Waals surface area (Å²) in [6.07, 6.45) is -1.09. The predicted octanol–water partition coefficient (Wildman–Crippen LogP) is 4.36. The molecule has 0 fully saturated rings. The normalized spacial score (nSPS) is 12.0. The van der Waals surface area contributed by atoms with E-state index in [1.54, 1.807) is 12.1 Å². The van der Waals surface area contributed by atoms with Crippen molar-refractivity contribution in [1.82, 2.24) is 0 Å². The predicted molar refractivity (Wildman–Crippen MR) is 91.7 cm³/mol. The van der Waals surface area contributed by atoms with Gasteiger partial charge in [-0.05, 0) is 43.3 Å². The Morgan fingerprint density at radius 2 is 1.88 bits per heavy atom. The minimum Gasteiger partial charge on any atom is -0.448 e. The highest BCUT2D eigenvalue weighted by Gasteiger charge is 2.21. The largest absolute Gasteiger partial charge is 0.448 e. The van der Waals surface area contributed by atoms with E-state index in [1.165, 1.54) is 37.3 Å². The molecule has 4 nitrogen and oxygen atoms in total. The van der Waals surface area contributed by atoms with Crippen LogP contribution in [0.3, 0.4) is 0 Å². The van der Waals surface area contributed by atoms with Crippen molar-refractivity contribution in [2.75, 3.05) is 5.32 Å². The third-order valence-electron chi connectivity index (χ3n) is 3.45. The number of hydrogen-bond donors (Lipinski definition) is 1. The van der Waals surface area contributed by atoms with Crippen molar-refractivity contribution in [2.45, 2.75) is 13.0 Å². The van der Waals surface area contributed by atoms with Crippen LogP contribution in [0.2, 0.25) is 0 Å². The summed E-state index contributed by atoms with van der Waals surface area (Å²) in [5.74, 6) is -2.23. The standard InChI is InChI=1S/C18H13F2NO3S/c1-10(17(22)21-12-5-2-4-11(19)8-12)24-18(23)16-9-13-14(20)6-3-7-15(13)25-16/h2-10H,1H3,(H,21,22). The summed E-state index contributed by atoms with van der Waals surface area (Å²) in [4.78, 5) is 24.4. The van der Waals surface area contributed by atoms with Gasteiger partial charge in [-0.15, -0.1) is 11.3 Å². The summed E-state index contributed by atoms with van der Waals surface area (Å²) in [6.45, 7) is 1.40. The van der Waals surface area contributed by atoms with E-state index in [9.17, 15) is 18.4 Å². The fraction of sp³-hybridized carbons (Fsp3) is 0.111. The molecule has 7 heteroatoms. The van der Waals surface area contributed by atoms with Crippen LogP contribution in [-0.2, 0) is 9.53 Å². The van der Waals surface area contributed by atoms with Gasteiger partial charge in [-0.2, -0.15) is 0 Å². The number of anilines is 1. The van der Waals surface area contributed by atoms with Gasteiger partial charge < -0.3 is 10.1 Å². The molecule has 2 aromatic carbocycles. The number of carbonyl (C=O) groups excluding carboxylic acids is 2. The molecule has 0 spiro atoms. The van der Waals surface area contributed by atoms with Crippen molar-refractivity contribution in [3.8, 4) is 0 Å². The Hall–Kier alpha value is -2.80. The number of benzene rings is 2. The first-order valence-electron chi connectivity index (χ1n) is 7.39. The van der Waals surface area contributed by atoms with Gasteiger partial charge in [0.05, 0.1) is 0 Å². The smallest absolute Gasteiger partial charge is 0.349 e. The fourth-order valence-corrected chi connectivity index (χ4v) is 3.17. The lowest BCUT2D eigenvalue weighted by atomic mass is 10.2. The van der Waals surface area contributed by atoms with Gasteiger partial charge in [0, 0.05) is 15.8 Å². The van der Waals surface area contributed by atoms with Crippen molar-refractivity contribution in [3.05, 3.63) is 65.0 Å². The molecule has 25 heavy (non-hydrogen) atoms. The first kappa shape index (κ1) is 17.0. The van der Waals surface area contributed by atoms with Gasteiger partial charge in [0.15, 0.2) is 6.10 Å². The van der Waals surface area contributed by atoms with Crippen LogP contribution in [0.4, 0.5) is 14.5 Å². The number of thiophene rings is 1. The molecule has 1 amide bonds. The Kier molecular flexibility index (Phi) is 4.76. The van der Waals surface area contributed by atoms with Crippen LogP contribution in [0.1, 0.15) is 16.6 Å². The minimum atomic E-state index is -1.09. The fourth-order valence-electron chi connectivity index (χ4n) is 2.21. The molecule has 0 saturated heterocycles. The number of rotatable bonds is 4. The maximum atomic E-state index is 13.7. The van der Waals surface area contributed by atoms with Crippen molar-refractivity contribution < 1.29 is 23.1 Å². The van der Waals surface area contributed by atoms with Crippen molar-refractivity contribution >= 4 is 39.0 Å². The summed E-state index contributed by atoms with van der Waals surface area (Å²) in [5.41, 5.74) is 0.261. The number of amides is 1. The Labute approximate surface area is 146 Å². The topological polar surface area (TPSA) is 55.4 Å². The molecule has 0 aliphatic rings. The van der Waals surface area contributed by atoms with Crippen LogP contribution in [0, 0.1) is 11.6 Å². The van der Waals surface area contributed by atoms with Gasteiger partial charge >= 0.3 is 5.97 Å². The second-order valence-electron chi connectivity index (χ2n) is 5.31. The third kappa shape index (κ3) is 3.83. The lowest BCUT2D eigenvalue weighted by Gasteiger charge is -2.13. The average Bonchev–Trinajstić information content (AvgIpc) is 3.00. The average molecular weight is 361 g/mol. The van der Waals surface area contributed by atoms with Crippen LogP contribution in [0.25, 0.3) is 10.1 Å². The zero-order valence-electron chi connectivity index (χ0n) is 13.1. The van der Waals surface area contributed by atoms with Gasteiger partial charge in [-0.1, -0.05) is 12.1 Å². The Morgan fingerprint density at radius 1 is 1.12 bits per heavy atom. The van der Waals surface area contributed by atoms with Crippen LogP contribution in [0.15, 0.2) is 48.5 Å². The quantitative estimate of drug-likeness (QED) is 0.703. The zero-order valence-corrected chi connectivity index (χ0v) is 13.9. The number of nitrogens with one attached hydrogen (secondary N) is 1. The highest BCUT2D eigenvalue weighted by atomic mass is 32.1. The van der Waals surface area contributed by atoms with Gasteiger partial charge in [-0.3, -0.25) is 4.79 Å². The number of carbonyl (C=O) groups is 2. The molecule has 128 valence electrons. The van der Waals surface area contributed by atoms with E-state index >= 15 is 0 Å². The molecule has 1 heterocycles. The Bertz CT molecular complexity index is 954. The van der Waals surface area contributed by atoms with Crippen molar-refractivity contribution in [2.24, 2.45) is 0 Å². The summed E-state index contributed by atoms with van der Waals surface area (Å²) >= 11 is 1.08. The van der Waals surface area contributed by atoms with E-state index in [-0.39, 0.29) is 10.6 Å². The molecular weight excluding hydrogens is 348 g/mol. The van der Waals surface area contributed by atoms with Gasteiger partial charge in [0.1, 0.15) is 16.5 Å². The number of halogens is 2. The SMILES string of the molecule is CC(OC(=O)c1cc2c(F)cccc2s1)C(=O)Nc1cccc(F)c1. The van der Waals surface area contributed by atoms with Crippen LogP contribution in [0.5, 0.6) is 0 Å². The van der Waals surface area contributed by atoms with Crippen molar-refractivity contribution in [1.29, 1.82) is 0 Å². The first-order valence-corrected chi connectivity index (χ1v) is 8.21. The molecule has 0 radical (unpaired) electrons. The molecule has 1 aromatic heterocycles. The number of esters is 1. The lowest BCUT2D eigenvalue weighted by molar-refractivity contribution is -0.123. The van der Waals surface area contributed by atoms with E-state index in [4.69, 9.17) is 4.74 Å². The van der Waals surface area contributed by atoms with E-state index in [0.29, 0.717) is 10.1 Å². The highest BCUT2D eigenvalue weighted by Crippen LogP contribution is 2.28. The second kappa shape index (κ2) is 6.98. The van der Waals surface area contributed by atoms with E-state index < -0.39 is 29.6 Å². The van der Waals surface area contributed by atoms with Crippen molar-refractivity contribution in [3.63, 3.8) is 0 Å². The molecular formula is C18H13F2NO3S. The monoisotopic (exact) mass is 361 g/mol. The molecule has 1 unspecified atom stereocenters. The van der Waals surface area contributed by atoms with Gasteiger partial charge in [0.25, 0.3) is 5.91 Å². The first-order chi connectivity index (χ1) is 11.9. The van der Waals surface area contributed by atoms with Crippen LogP contribution >= 0.6 is 11.3 Å². The maximum absolute atomic E-state index is 13.7. The van der Waals surface area contributed by atoms with E-state index in [2.05, 4.69) is 5.32 Å². The molecule has 3 rings (SSSR count). The number of fused-ring (bicyclic) bond motifs is 1. The molecule has 0 bridgehead atoms. The minimum absolute atomic E-state index is 0.200. The zero-order chi connectivity index (χ0) is 18.0. The number of hydrogen-bond acceptors (Lipinski definition) is 4. The van der Waals surface area contributed by atoms with Gasteiger partial charge in [-0.25, -0.2) is 13.6 Å². The molecule has 1 N–H and O–H groups in total. The highest BCUT2D eigenvalue weighted by molar-refractivity contribution is 7.20. The Balaban J connectivity index is 1.68. The van der Waals surface area contributed by atoms with Crippen LogP contribution in [-0.4, -0.2) is 18.0 Å². The Morgan fingerprint density at radius 3 is 2.60 bits per heavy atom. The second-order valence-corrected chi connectivity index (χ2v) is 6.39. The lowest BCUT2D eigenvalue weighted by Crippen LogP contribution is -2.29. The van der Waals surface area contributed by atoms with E-state index in [1.807, 2.05) is 0 Å². The molecule has 1 atom stereocenters. The maximum Gasteiger partial charge on any atom is 0.349 e. The van der Waals surface area contributed by atoms with E-state index in [0.717, 1.165) is 17.4 Å². The third-order valence-corrected chi connectivity index (χ3v) is 4.53. The number of ether oxygens (including phenoxy) is 1. The summed E-state index contributed by atoms with van der Waals surface area (Å²) in [7, 11) is 0. The summed E-state index contributed by atoms with van der Waals surface area (Å²) in [5, 5.41) is 2.79. The summed E-state index contributed by atoms with van der Waals surface area (Å²) < 4.78 is 32.5. The van der Waals surface area contributed by atoms with Crippen LogP contribution < -0.4 is 5.32 Å². The molecule has 3 aromatic rings. The van der Waals surface area contributed by atoms with Gasteiger partial charge in [0.2, 0.25) is 0 Å². The molecule has 0 aliphatic carbocycles. The molecule has 0 saturated carbocycles. The summed E-state index contributed by atoms with van der Waals surface area (Å²) in [6, 6.07) is 11.3.